The number of nitrogens with one attached hydrogen (secondary N) is 1. The van der Waals surface area contributed by atoms with Crippen molar-refractivity contribution >= 4 is 11.2 Å². The molecule has 0 bridgehead atoms. The highest BCUT2D eigenvalue weighted by molar-refractivity contribution is 5.69. The monoisotopic (exact) mass is 451 g/mol. The molecule has 3 unspecified atom stereocenters. The highest BCUT2D eigenvalue weighted by Crippen LogP contribution is 2.36. The van der Waals surface area contributed by atoms with E-state index >= 15 is 0 Å². The molecule has 4 N–H and O–H groups in total. The van der Waals surface area contributed by atoms with Gasteiger partial charge in [-0.1, -0.05) is 0 Å². The fraction of sp³-hybridized carbons (Fsp3) is 0.450. The molecule has 0 saturated heterocycles. The average Bonchev–Trinajstić information content (AvgIpc) is 3.12. The number of hydrogen-bond acceptors (Lipinski definition) is 6. The van der Waals surface area contributed by atoms with E-state index in [0.717, 1.165) is 9.47 Å². The first-order valence-corrected chi connectivity index (χ1v) is 9.90. The lowest BCUT2D eigenvalue weighted by Gasteiger charge is -2.35. The van der Waals surface area contributed by atoms with Crippen LogP contribution in [0.25, 0.3) is 11.2 Å². The van der Waals surface area contributed by atoms with Gasteiger partial charge in [0.2, 0.25) is 0 Å². The van der Waals surface area contributed by atoms with Gasteiger partial charge in [-0.25, -0.2) is 9.78 Å². The van der Waals surface area contributed by atoms with Gasteiger partial charge in [0.15, 0.2) is 11.2 Å². The minimum Gasteiger partial charge on any atom is -1.00 e. The molecule has 10 nitrogen and oxygen atoms in total. The van der Waals surface area contributed by atoms with E-state index in [1.807, 2.05) is 6.92 Å². The van der Waals surface area contributed by atoms with Crippen molar-refractivity contribution in [2.45, 2.75) is 32.0 Å². The molecule has 3 aromatic rings. The number of aryl methyl sites for hydroxylation is 2. The number of aromatic nitrogens is 4. The highest BCUT2D eigenvalue weighted by atomic mass is 35.5. The molecular weight excluding hydrogens is 426 g/mol. The quantitative estimate of drug-likeness (QED) is 0.320. The Bertz CT molecular complexity index is 1250. The normalized spacial score (nSPS) is 20.5. The molecule has 1 aliphatic heterocycles. The number of aromatic hydroxyl groups is 2. The molecule has 1 aromatic carbocycles. The first-order valence-electron chi connectivity index (χ1n) is 9.90. The van der Waals surface area contributed by atoms with E-state index in [0.29, 0.717) is 48.3 Å². The van der Waals surface area contributed by atoms with Crippen LogP contribution in [0.2, 0.25) is 0 Å². The Hall–Kier alpha value is -2.82. The number of phenols is 2. The molecule has 0 spiro atoms. The number of imidazole rings is 1. The summed E-state index contributed by atoms with van der Waals surface area (Å²) in [4.78, 5) is 29.9. The summed E-state index contributed by atoms with van der Waals surface area (Å²) in [6.45, 7) is 3.67. The number of benzene rings is 1. The number of nitrogens with zero attached hydrogens (tertiary/aromatic N) is 4. The fourth-order valence-electron chi connectivity index (χ4n) is 4.49. The van der Waals surface area contributed by atoms with Crippen molar-refractivity contribution in [3.05, 3.63) is 50.4 Å². The van der Waals surface area contributed by atoms with E-state index < -0.39 is 11.8 Å². The van der Waals surface area contributed by atoms with Crippen LogP contribution in [0.15, 0.2) is 28.0 Å². The van der Waals surface area contributed by atoms with Crippen molar-refractivity contribution in [1.82, 2.24) is 18.7 Å². The van der Waals surface area contributed by atoms with Gasteiger partial charge in [-0.2, -0.15) is 0 Å². The predicted molar refractivity (Wildman–Crippen MR) is 109 cm³/mol. The van der Waals surface area contributed by atoms with Crippen LogP contribution in [0.5, 0.6) is 11.5 Å². The van der Waals surface area contributed by atoms with E-state index in [-0.39, 0.29) is 35.5 Å². The maximum Gasteiger partial charge on any atom is 0.332 e. The second-order valence-corrected chi connectivity index (χ2v) is 7.99. The van der Waals surface area contributed by atoms with E-state index in [1.54, 1.807) is 17.9 Å². The average molecular weight is 452 g/mol. The highest BCUT2D eigenvalue weighted by Gasteiger charge is 2.35. The van der Waals surface area contributed by atoms with Gasteiger partial charge in [-0.3, -0.25) is 13.9 Å². The third kappa shape index (κ3) is 3.71. The van der Waals surface area contributed by atoms with Crippen molar-refractivity contribution in [2.24, 2.45) is 14.1 Å². The van der Waals surface area contributed by atoms with Gasteiger partial charge < -0.3 is 37.2 Å². The number of rotatable bonds is 4. The lowest BCUT2D eigenvalue weighted by molar-refractivity contribution is -0.936. The lowest BCUT2D eigenvalue weighted by Crippen LogP contribution is -3.13. The summed E-state index contributed by atoms with van der Waals surface area (Å²) in [7, 11) is 3.04. The second kappa shape index (κ2) is 8.37. The molecule has 4 rings (SSSR count). The zero-order valence-electron chi connectivity index (χ0n) is 17.5. The van der Waals surface area contributed by atoms with Crippen molar-refractivity contribution < 1.29 is 32.6 Å². The van der Waals surface area contributed by atoms with Crippen molar-refractivity contribution in [1.29, 1.82) is 0 Å². The van der Waals surface area contributed by atoms with Crippen LogP contribution in [0, 0.1) is 0 Å². The van der Waals surface area contributed by atoms with Gasteiger partial charge in [-0.05, 0) is 13.0 Å². The number of aliphatic hydroxyl groups excluding tert-OH is 1. The summed E-state index contributed by atoms with van der Waals surface area (Å²) in [5, 5.41) is 30.5. The molecular formula is C20H26ClN5O5. The third-order valence-corrected chi connectivity index (χ3v) is 6.15. The molecule has 11 heteroatoms. The number of aliphatic hydroxyl groups is 1. The zero-order valence-corrected chi connectivity index (χ0v) is 18.3. The Labute approximate surface area is 184 Å². The standard InChI is InChI=1S/C20H25N5O5.ClH/c1-11-16-13(7-12(26)8-14(16)27)15(28)9-24(11)5-4-6-25-10-21-18-17(25)19(29)23(3)20(30)22(18)2;/h7-8,10-11,15,26-28H,4-6,9H2,1-3H3;1H. The number of quaternary nitrogens is 1. The minimum atomic E-state index is -0.778. The summed E-state index contributed by atoms with van der Waals surface area (Å²) in [5.74, 6) is -0.0808. The second-order valence-electron chi connectivity index (χ2n) is 7.99. The Morgan fingerprint density at radius 3 is 2.61 bits per heavy atom. The predicted octanol–water partition coefficient (Wildman–Crippen LogP) is -4.07. The number of phenolic OH excluding ortho intramolecular Hbond substituents is 2. The van der Waals surface area contributed by atoms with Gasteiger partial charge in [0.1, 0.15) is 30.2 Å². The van der Waals surface area contributed by atoms with Crippen LogP contribution in [-0.4, -0.2) is 47.1 Å². The fourth-order valence-corrected chi connectivity index (χ4v) is 4.49. The maximum absolute atomic E-state index is 12.5. The molecule has 3 heterocycles. The Morgan fingerprint density at radius 2 is 1.90 bits per heavy atom. The van der Waals surface area contributed by atoms with Crippen LogP contribution < -0.4 is 28.6 Å². The molecule has 1 aliphatic rings. The van der Waals surface area contributed by atoms with Gasteiger partial charge >= 0.3 is 5.69 Å². The third-order valence-electron chi connectivity index (χ3n) is 6.15. The molecule has 2 aromatic heterocycles. The maximum atomic E-state index is 12.5. The van der Waals surface area contributed by atoms with Crippen molar-refractivity contribution in [2.75, 3.05) is 13.1 Å². The van der Waals surface area contributed by atoms with E-state index in [2.05, 4.69) is 4.98 Å². The first kappa shape index (κ1) is 22.9. The minimum absolute atomic E-state index is 0. The molecule has 3 atom stereocenters. The topological polar surface area (TPSA) is 127 Å². The molecule has 0 radical (unpaired) electrons. The largest absolute Gasteiger partial charge is 1.00 e. The SMILES string of the molecule is CC1c2c(O)cc(O)cc2C(O)C[NH+]1CCCn1cnc2c1c(=O)n(C)c(=O)n2C.[Cl-]. The van der Waals surface area contributed by atoms with E-state index in [1.165, 1.54) is 23.7 Å². The first-order chi connectivity index (χ1) is 14.2. The van der Waals surface area contributed by atoms with Crippen LogP contribution >= 0.6 is 0 Å². The van der Waals surface area contributed by atoms with Crippen LogP contribution in [-0.2, 0) is 20.6 Å². The number of hydrogen-bond donors (Lipinski definition) is 4. The lowest BCUT2D eigenvalue weighted by atomic mass is 9.90. The van der Waals surface area contributed by atoms with Gasteiger partial charge in [-0.15, -0.1) is 0 Å². The Kier molecular flexibility index (Phi) is 6.17. The number of halogens is 1. The summed E-state index contributed by atoms with van der Waals surface area (Å²) in [5.41, 5.74) is 1.17. The summed E-state index contributed by atoms with van der Waals surface area (Å²) >= 11 is 0. The molecule has 168 valence electrons. The van der Waals surface area contributed by atoms with Crippen LogP contribution in [0.3, 0.4) is 0 Å². The van der Waals surface area contributed by atoms with Gasteiger partial charge in [0.05, 0.1) is 18.4 Å². The summed E-state index contributed by atoms with van der Waals surface area (Å²) in [6.07, 6.45) is 1.50. The smallest absolute Gasteiger partial charge is 0.332 e. The zero-order chi connectivity index (χ0) is 21.7. The Morgan fingerprint density at radius 1 is 1.19 bits per heavy atom. The Balaban J connectivity index is 0.00000272. The molecule has 0 aliphatic carbocycles. The van der Waals surface area contributed by atoms with Crippen molar-refractivity contribution in [3.8, 4) is 11.5 Å². The van der Waals surface area contributed by atoms with E-state index in [9.17, 15) is 24.9 Å². The van der Waals surface area contributed by atoms with Crippen LogP contribution in [0.1, 0.15) is 36.6 Å². The van der Waals surface area contributed by atoms with Gasteiger partial charge in [0, 0.05) is 38.7 Å². The molecule has 31 heavy (non-hydrogen) atoms. The van der Waals surface area contributed by atoms with Crippen LogP contribution in [0.4, 0.5) is 0 Å². The van der Waals surface area contributed by atoms with E-state index in [4.69, 9.17) is 0 Å². The van der Waals surface area contributed by atoms with Gasteiger partial charge in [0.25, 0.3) is 5.56 Å². The molecule has 0 saturated carbocycles. The summed E-state index contributed by atoms with van der Waals surface area (Å²) < 4.78 is 4.19. The number of fused-ring (bicyclic) bond motifs is 2. The van der Waals surface area contributed by atoms with Crippen molar-refractivity contribution in [3.63, 3.8) is 0 Å². The molecule has 0 amide bonds. The molecule has 0 fully saturated rings. The summed E-state index contributed by atoms with van der Waals surface area (Å²) in [6, 6.07) is 2.74.